The number of halogens is 4. The van der Waals surface area contributed by atoms with Gasteiger partial charge in [-0.15, -0.1) is 0 Å². The molecule has 1 heterocycles. The number of hydrogen-bond donors (Lipinski definition) is 1. The molecule has 0 unspecified atom stereocenters. The van der Waals surface area contributed by atoms with Crippen molar-refractivity contribution in [2.45, 2.75) is 13.2 Å². The van der Waals surface area contributed by atoms with Crippen LogP contribution in [0.1, 0.15) is 11.1 Å². The van der Waals surface area contributed by atoms with E-state index in [9.17, 15) is 17.6 Å². The summed E-state index contributed by atoms with van der Waals surface area (Å²) in [4.78, 5) is 2.49. The summed E-state index contributed by atoms with van der Waals surface area (Å²) in [5.41, 5.74) is 0.669. The third kappa shape index (κ3) is 3.49. The van der Waals surface area contributed by atoms with Gasteiger partial charge in [-0.05, 0) is 11.1 Å². The van der Waals surface area contributed by atoms with Crippen molar-refractivity contribution >= 4 is 5.69 Å². The Hall–Kier alpha value is -2.15. The molecule has 1 aromatic heterocycles. The van der Waals surface area contributed by atoms with Gasteiger partial charge in [0.15, 0.2) is 0 Å². The molecule has 0 amide bonds. The molecule has 0 spiro atoms. The molecule has 21 heavy (non-hydrogen) atoms. The number of nitrogens with zero attached hydrogens (tertiary/aromatic N) is 1. The Bertz CT molecular complexity index is 623. The highest BCUT2D eigenvalue weighted by Gasteiger charge is 2.20. The van der Waals surface area contributed by atoms with Crippen LogP contribution < -0.4 is 5.32 Å². The summed E-state index contributed by atoms with van der Waals surface area (Å²) in [6, 6.07) is 7.02. The molecule has 0 atom stereocenters. The van der Waals surface area contributed by atoms with Crippen LogP contribution in [0.25, 0.3) is 0 Å². The van der Waals surface area contributed by atoms with Crippen molar-refractivity contribution in [1.29, 1.82) is 0 Å². The van der Waals surface area contributed by atoms with Gasteiger partial charge in [-0.3, -0.25) is 0 Å². The molecule has 3 nitrogen and oxygen atoms in total. The number of ether oxygens (including phenoxy) is 1. The van der Waals surface area contributed by atoms with E-state index >= 15 is 0 Å². The van der Waals surface area contributed by atoms with E-state index in [2.05, 4.69) is 10.3 Å². The van der Waals surface area contributed by atoms with Crippen LogP contribution in [-0.4, -0.2) is 12.1 Å². The lowest BCUT2D eigenvalue weighted by Gasteiger charge is -2.10. The van der Waals surface area contributed by atoms with Crippen molar-refractivity contribution < 1.29 is 22.3 Å². The van der Waals surface area contributed by atoms with Crippen molar-refractivity contribution in [3.63, 3.8) is 0 Å². The third-order valence-electron chi connectivity index (χ3n) is 2.77. The number of anilines is 1. The number of hydrogen-bond acceptors (Lipinski definition) is 3. The quantitative estimate of drug-likeness (QED) is 0.679. The average molecular weight is 300 g/mol. The van der Waals surface area contributed by atoms with Gasteiger partial charge >= 0.3 is 0 Å². The van der Waals surface area contributed by atoms with Gasteiger partial charge < -0.3 is 10.1 Å². The molecule has 0 fully saturated rings. The number of methoxy groups -OCH3 is 1. The van der Waals surface area contributed by atoms with E-state index in [4.69, 9.17) is 4.74 Å². The van der Waals surface area contributed by atoms with Crippen molar-refractivity contribution in [3.05, 3.63) is 58.9 Å². The van der Waals surface area contributed by atoms with Gasteiger partial charge in [-0.25, -0.2) is 0 Å². The van der Waals surface area contributed by atoms with Crippen molar-refractivity contribution in [2.75, 3.05) is 12.4 Å². The molecule has 0 aliphatic carbocycles. The number of pyridine rings is 1. The molecule has 0 aliphatic rings. The van der Waals surface area contributed by atoms with Gasteiger partial charge in [0.25, 0.3) is 11.9 Å². The summed E-state index contributed by atoms with van der Waals surface area (Å²) >= 11 is 0. The van der Waals surface area contributed by atoms with Gasteiger partial charge in [0.2, 0.25) is 11.6 Å². The minimum absolute atomic E-state index is 0.00567. The van der Waals surface area contributed by atoms with Crippen LogP contribution in [-0.2, 0) is 17.9 Å². The maximum absolute atomic E-state index is 13.4. The molecule has 112 valence electrons. The second-order valence-corrected chi connectivity index (χ2v) is 4.30. The van der Waals surface area contributed by atoms with Gasteiger partial charge in [0, 0.05) is 13.7 Å². The Labute approximate surface area is 118 Å². The molecule has 0 aliphatic heterocycles. The first-order chi connectivity index (χ1) is 10.0. The molecular weight excluding hydrogens is 288 g/mol. The maximum Gasteiger partial charge on any atom is 0.253 e. The van der Waals surface area contributed by atoms with Gasteiger partial charge in [-0.2, -0.15) is 22.5 Å². The minimum Gasteiger partial charge on any atom is -0.380 e. The highest BCUT2D eigenvalue weighted by atomic mass is 19.2. The monoisotopic (exact) mass is 300 g/mol. The first-order valence-electron chi connectivity index (χ1n) is 6.03. The summed E-state index contributed by atoms with van der Waals surface area (Å²) in [6.07, 6.45) is 0. The largest absolute Gasteiger partial charge is 0.380 e. The van der Waals surface area contributed by atoms with E-state index in [1.165, 1.54) is 7.11 Å². The van der Waals surface area contributed by atoms with Crippen LogP contribution in [0.3, 0.4) is 0 Å². The van der Waals surface area contributed by atoms with Crippen LogP contribution in [0.4, 0.5) is 23.2 Å². The predicted octanol–water partition coefficient (Wildman–Crippen LogP) is 3.40. The molecule has 2 rings (SSSR count). The zero-order valence-electron chi connectivity index (χ0n) is 11.1. The van der Waals surface area contributed by atoms with E-state index < -0.39 is 29.2 Å². The lowest BCUT2D eigenvalue weighted by Crippen LogP contribution is -2.09. The molecular formula is C14H12F4N2O. The Kier molecular flexibility index (Phi) is 4.74. The molecule has 1 N–H and O–H groups in total. The summed E-state index contributed by atoms with van der Waals surface area (Å²) in [7, 11) is 1.54. The average Bonchev–Trinajstić information content (AvgIpc) is 2.46. The number of aromatic nitrogens is 1. The van der Waals surface area contributed by atoms with Crippen molar-refractivity contribution in [1.82, 2.24) is 4.98 Å². The fraction of sp³-hybridized carbons (Fsp3) is 0.214. The lowest BCUT2D eigenvalue weighted by molar-refractivity contribution is 0.185. The maximum atomic E-state index is 13.4. The molecule has 0 saturated carbocycles. The minimum atomic E-state index is -1.69. The number of nitrogens with one attached hydrogen (secondary N) is 1. The standard InChI is InChI=1S/C14H12F4N2O/c1-21-7-9-4-2-3-8(5-9)6-19-12-10(15)13(17)20-14(18)11(12)16/h2-5H,6-7H2,1H3,(H,19,20). The summed E-state index contributed by atoms with van der Waals surface area (Å²) < 4.78 is 57.7. The second-order valence-electron chi connectivity index (χ2n) is 4.30. The van der Waals surface area contributed by atoms with Crippen LogP contribution >= 0.6 is 0 Å². The summed E-state index contributed by atoms with van der Waals surface area (Å²) in [5.74, 6) is -6.49. The molecule has 0 bridgehead atoms. The number of rotatable bonds is 5. The van der Waals surface area contributed by atoms with Crippen LogP contribution in [0.2, 0.25) is 0 Å². The SMILES string of the molecule is COCc1cccc(CNc2c(F)c(F)nc(F)c2F)c1. The molecule has 7 heteroatoms. The predicted molar refractivity (Wildman–Crippen MR) is 68.6 cm³/mol. The third-order valence-corrected chi connectivity index (χ3v) is 2.77. The lowest BCUT2D eigenvalue weighted by atomic mass is 10.1. The Balaban J connectivity index is 2.18. The topological polar surface area (TPSA) is 34.1 Å². The van der Waals surface area contributed by atoms with E-state index in [0.717, 1.165) is 5.56 Å². The molecule has 0 radical (unpaired) electrons. The van der Waals surface area contributed by atoms with Gasteiger partial charge in [0.1, 0.15) is 5.69 Å². The Morgan fingerprint density at radius 3 is 2.29 bits per heavy atom. The zero-order chi connectivity index (χ0) is 15.4. The normalized spacial score (nSPS) is 10.7. The highest BCUT2D eigenvalue weighted by molar-refractivity contribution is 5.46. The fourth-order valence-corrected chi connectivity index (χ4v) is 1.83. The van der Waals surface area contributed by atoms with Crippen molar-refractivity contribution in [3.8, 4) is 0 Å². The highest BCUT2D eigenvalue weighted by Crippen LogP contribution is 2.22. The molecule has 0 saturated heterocycles. The fourth-order valence-electron chi connectivity index (χ4n) is 1.83. The number of benzene rings is 1. The molecule has 1 aromatic carbocycles. The summed E-state index contributed by atoms with van der Waals surface area (Å²) in [6.45, 7) is 0.378. The van der Waals surface area contributed by atoms with Gasteiger partial charge in [0.05, 0.1) is 6.61 Å². The van der Waals surface area contributed by atoms with Crippen LogP contribution in [0, 0.1) is 23.5 Å². The zero-order valence-corrected chi connectivity index (χ0v) is 11.1. The smallest absolute Gasteiger partial charge is 0.253 e. The Morgan fingerprint density at radius 1 is 1.05 bits per heavy atom. The first-order valence-corrected chi connectivity index (χ1v) is 6.03. The van der Waals surface area contributed by atoms with Gasteiger partial charge in [-0.1, -0.05) is 24.3 Å². The van der Waals surface area contributed by atoms with E-state index in [-0.39, 0.29) is 6.54 Å². The van der Waals surface area contributed by atoms with Crippen LogP contribution in [0.15, 0.2) is 24.3 Å². The van der Waals surface area contributed by atoms with Crippen LogP contribution in [0.5, 0.6) is 0 Å². The first kappa shape index (κ1) is 15.2. The second kappa shape index (κ2) is 6.53. The van der Waals surface area contributed by atoms with E-state index in [1.807, 2.05) is 6.07 Å². The van der Waals surface area contributed by atoms with E-state index in [0.29, 0.717) is 12.2 Å². The van der Waals surface area contributed by atoms with E-state index in [1.54, 1.807) is 18.2 Å². The molecule has 2 aromatic rings. The van der Waals surface area contributed by atoms with Crippen molar-refractivity contribution in [2.24, 2.45) is 0 Å². The summed E-state index contributed by atoms with van der Waals surface area (Å²) in [5, 5.41) is 2.34. The Morgan fingerprint density at radius 2 is 1.67 bits per heavy atom.